The van der Waals surface area contributed by atoms with Crippen LogP contribution in [0, 0.1) is 5.92 Å². The van der Waals surface area contributed by atoms with Gasteiger partial charge in [-0.05, 0) is 12.3 Å². The first-order chi connectivity index (χ1) is 13.7. The van der Waals surface area contributed by atoms with Crippen molar-refractivity contribution in [1.82, 2.24) is 0 Å². The van der Waals surface area contributed by atoms with Gasteiger partial charge in [-0.2, -0.15) is 0 Å². The molecule has 0 N–H and O–H groups in total. The number of ether oxygens (including phenoxy) is 1. The number of carboxylic acid groups (broad SMARTS) is 1. The molecule has 0 aliphatic carbocycles. The van der Waals surface area contributed by atoms with Crippen LogP contribution in [0.5, 0.6) is 0 Å². The lowest BCUT2D eigenvalue weighted by atomic mass is 9.90. The number of carbonyl (C=O) groups is 2. The number of carboxylic acids is 1. The molecule has 0 saturated heterocycles. The summed E-state index contributed by atoms with van der Waals surface area (Å²) < 4.78 is 6.16. The van der Waals surface area contributed by atoms with E-state index < -0.39 is 12.1 Å². The van der Waals surface area contributed by atoms with Crippen LogP contribution >= 0.6 is 12.4 Å². The molecule has 180 valence electrons. The fourth-order valence-electron chi connectivity index (χ4n) is 3.65. The van der Waals surface area contributed by atoms with Crippen molar-refractivity contribution >= 4 is 24.3 Å². The van der Waals surface area contributed by atoms with E-state index in [1.807, 2.05) is 21.1 Å². The summed E-state index contributed by atoms with van der Waals surface area (Å²) in [6, 6.07) is 0. The van der Waals surface area contributed by atoms with Gasteiger partial charge in [0.2, 0.25) is 0 Å². The number of carbonyl (C=O) groups excluding carboxylic acids is 2. The van der Waals surface area contributed by atoms with Crippen molar-refractivity contribution in [3.8, 4) is 0 Å². The van der Waals surface area contributed by atoms with Gasteiger partial charge in [0.1, 0.15) is 6.10 Å². The van der Waals surface area contributed by atoms with E-state index in [1.54, 1.807) is 0 Å². The van der Waals surface area contributed by atoms with Crippen LogP contribution in [0.1, 0.15) is 104 Å². The van der Waals surface area contributed by atoms with Gasteiger partial charge in [-0.15, -0.1) is 12.4 Å². The maximum absolute atomic E-state index is 12.2. The summed E-state index contributed by atoms with van der Waals surface area (Å²) in [5.41, 5.74) is 0. The zero-order valence-electron chi connectivity index (χ0n) is 20.2. The van der Waals surface area contributed by atoms with Gasteiger partial charge in [0.05, 0.1) is 27.7 Å². The Labute approximate surface area is 191 Å². The Bertz CT molecular complexity index is 437. The normalized spacial score (nSPS) is 13.4. The van der Waals surface area contributed by atoms with Crippen LogP contribution in [-0.4, -0.2) is 50.2 Å². The molecule has 0 aromatic heterocycles. The minimum absolute atomic E-state index is 0. The molecule has 0 bridgehead atoms. The number of halogens is 1. The predicted octanol–water partition coefficient (Wildman–Crippen LogP) is 4.89. The van der Waals surface area contributed by atoms with Crippen molar-refractivity contribution in [2.24, 2.45) is 5.92 Å². The molecule has 2 unspecified atom stereocenters. The highest BCUT2D eigenvalue weighted by atomic mass is 35.5. The number of hydrogen-bond donors (Lipinski definition) is 0. The van der Waals surface area contributed by atoms with E-state index in [0.717, 1.165) is 25.3 Å². The SMILES string of the molecule is CCCCCCC(CCCC)CCCCC(=O)OC(CC[N+](C)(C)C)CC(=O)[O-].Cl. The van der Waals surface area contributed by atoms with Gasteiger partial charge in [0.15, 0.2) is 0 Å². The number of quaternary nitrogens is 1. The van der Waals surface area contributed by atoms with Crippen LogP contribution in [0.25, 0.3) is 0 Å². The molecule has 6 heteroatoms. The van der Waals surface area contributed by atoms with Gasteiger partial charge in [-0.25, -0.2) is 0 Å². The minimum Gasteiger partial charge on any atom is -0.550 e. The lowest BCUT2D eigenvalue weighted by Gasteiger charge is -2.27. The third kappa shape index (κ3) is 20.5. The molecular weight excluding hydrogens is 402 g/mol. The second-order valence-electron chi connectivity index (χ2n) is 9.59. The molecule has 0 amide bonds. The molecule has 0 aliphatic heterocycles. The molecule has 0 radical (unpaired) electrons. The Balaban J connectivity index is 0. The minimum atomic E-state index is -1.16. The van der Waals surface area contributed by atoms with E-state index >= 15 is 0 Å². The average Bonchev–Trinajstić information content (AvgIpc) is 2.62. The molecule has 0 aromatic rings. The monoisotopic (exact) mass is 449 g/mol. The highest BCUT2D eigenvalue weighted by Gasteiger charge is 2.19. The molecule has 0 fully saturated rings. The summed E-state index contributed by atoms with van der Waals surface area (Å²) in [4.78, 5) is 23.1. The van der Waals surface area contributed by atoms with Gasteiger partial charge < -0.3 is 19.1 Å². The van der Waals surface area contributed by atoms with Crippen LogP contribution in [0.15, 0.2) is 0 Å². The standard InChI is InChI=1S/C24H47NO4.ClH/c1-6-8-10-11-15-21(14-9-7-2)16-12-13-17-24(28)29-22(20-23(26)27)18-19-25(3,4)5;/h21-22H,6-20H2,1-5H3;1H. The van der Waals surface area contributed by atoms with Crippen molar-refractivity contribution in [2.45, 2.75) is 110 Å². The Morgan fingerprint density at radius 1 is 0.833 bits per heavy atom. The van der Waals surface area contributed by atoms with Gasteiger partial charge in [0, 0.05) is 25.2 Å². The molecule has 0 heterocycles. The number of esters is 1. The van der Waals surface area contributed by atoms with Crippen LogP contribution < -0.4 is 5.11 Å². The third-order valence-corrected chi connectivity index (χ3v) is 5.49. The largest absolute Gasteiger partial charge is 0.550 e. The van der Waals surface area contributed by atoms with E-state index in [4.69, 9.17) is 4.74 Å². The van der Waals surface area contributed by atoms with Crippen LogP contribution in [0.4, 0.5) is 0 Å². The zero-order chi connectivity index (χ0) is 22.1. The van der Waals surface area contributed by atoms with Gasteiger partial charge in [-0.1, -0.05) is 78.1 Å². The first-order valence-corrected chi connectivity index (χ1v) is 11.9. The average molecular weight is 450 g/mol. The number of aliphatic carboxylic acids is 1. The summed E-state index contributed by atoms with van der Waals surface area (Å²) >= 11 is 0. The Morgan fingerprint density at radius 3 is 1.93 bits per heavy atom. The third-order valence-electron chi connectivity index (χ3n) is 5.49. The number of hydrogen-bond acceptors (Lipinski definition) is 4. The van der Waals surface area contributed by atoms with E-state index in [0.29, 0.717) is 17.3 Å². The fourth-order valence-corrected chi connectivity index (χ4v) is 3.65. The van der Waals surface area contributed by atoms with E-state index in [2.05, 4.69) is 13.8 Å². The first-order valence-electron chi connectivity index (χ1n) is 11.9. The number of rotatable bonds is 19. The molecular formula is C24H48ClNO4. The molecule has 0 saturated carbocycles. The lowest BCUT2D eigenvalue weighted by Crippen LogP contribution is -2.39. The maximum atomic E-state index is 12.2. The molecule has 0 spiro atoms. The summed E-state index contributed by atoms with van der Waals surface area (Å²) in [6.07, 6.45) is 13.6. The Morgan fingerprint density at radius 2 is 1.40 bits per heavy atom. The predicted molar refractivity (Wildman–Crippen MR) is 125 cm³/mol. The molecule has 0 aliphatic rings. The zero-order valence-corrected chi connectivity index (χ0v) is 21.1. The summed E-state index contributed by atoms with van der Waals surface area (Å²) in [7, 11) is 6.11. The van der Waals surface area contributed by atoms with Gasteiger partial charge in [-0.3, -0.25) is 4.79 Å². The molecule has 30 heavy (non-hydrogen) atoms. The number of nitrogens with zero attached hydrogens (tertiary/aromatic N) is 1. The van der Waals surface area contributed by atoms with Crippen molar-refractivity contribution in [2.75, 3.05) is 27.7 Å². The van der Waals surface area contributed by atoms with Gasteiger partial charge in [0.25, 0.3) is 0 Å². The van der Waals surface area contributed by atoms with Gasteiger partial charge >= 0.3 is 5.97 Å². The second kappa shape index (κ2) is 18.9. The fraction of sp³-hybridized carbons (Fsp3) is 0.917. The molecule has 2 atom stereocenters. The molecule has 0 aromatic carbocycles. The Hall–Kier alpha value is -0.810. The molecule has 5 nitrogen and oxygen atoms in total. The van der Waals surface area contributed by atoms with Crippen LogP contribution in [0.3, 0.4) is 0 Å². The summed E-state index contributed by atoms with van der Waals surface area (Å²) in [6.45, 7) is 5.24. The lowest BCUT2D eigenvalue weighted by molar-refractivity contribution is -0.870. The smallest absolute Gasteiger partial charge is 0.306 e. The van der Waals surface area contributed by atoms with E-state index in [9.17, 15) is 14.7 Å². The summed E-state index contributed by atoms with van der Waals surface area (Å²) in [5.74, 6) is -0.657. The van der Waals surface area contributed by atoms with Crippen molar-refractivity contribution in [3.05, 3.63) is 0 Å². The second-order valence-corrected chi connectivity index (χ2v) is 9.59. The van der Waals surface area contributed by atoms with Crippen LogP contribution in [-0.2, 0) is 14.3 Å². The molecule has 0 rings (SSSR count). The van der Waals surface area contributed by atoms with E-state index in [1.165, 1.54) is 57.8 Å². The topological polar surface area (TPSA) is 66.4 Å². The van der Waals surface area contributed by atoms with Crippen molar-refractivity contribution in [3.63, 3.8) is 0 Å². The number of unbranched alkanes of at least 4 members (excludes halogenated alkanes) is 5. The highest BCUT2D eigenvalue weighted by molar-refractivity contribution is 5.85. The van der Waals surface area contributed by atoms with E-state index in [-0.39, 0.29) is 24.8 Å². The highest BCUT2D eigenvalue weighted by Crippen LogP contribution is 2.23. The van der Waals surface area contributed by atoms with Crippen molar-refractivity contribution < 1.29 is 23.9 Å². The first kappa shape index (κ1) is 31.4. The maximum Gasteiger partial charge on any atom is 0.306 e. The van der Waals surface area contributed by atoms with Crippen LogP contribution in [0.2, 0.25) is 0 Å². The quantitative estimate of drug-likeness (QED) is 0.160. The van der Waals surface area contributed by atoms with Crippen molar-refractivity contribution in [1.29, 1.82) is 0 Å². The summed E-state index contributed by atoms with van der Waals surface area (Å²) in [5, 5.41) is 11.0. The Kier molecular flexibility index (Phi) is 19.8.